The van der Waals surface area contributed by atoms with Crippen LogP contribution in [0.15, 0.2) is 36.4 Å². The molecule has 9 heteroatoms. The number of primary amides is 1. The van der Waals surface area contributed by atoms with Gasteiger partial charge in [0.05, 0.1) is 6.61 Å². The van der Waals surface area contributed by atoms with Gasteiger partial charge in [0.25, 0.3) is 5.91 Å². The molecule has 6 nitrogen and oxygen atoms in total. The molecule has 4 N–H and O–H groups in total. The number of nitrogens with one attached hydrogen (secondary N) is 1. The minimum atomic E-state index is -1.48. The number of hydrogen-bond acceptors (Lipinski definition) is 4. The molecule has 0 saturated carbocycles. The van der Waals surface area contributed by atoms with Gasteiger partial charge in [0, 0.05) is 12.1 Å². The molecule has 0 aliphatic carbocycles. The Kier molecular flexibility index (Phi) is 6.18. The number of rotatable bonds is 7. The summed E-state index contributed by atoms with van der Waals surface area (Å²) < 4.78 is 46.4. The molecule has 0 saturated heterocycles. The van der Waals surface area contributed by atoms with Gasteiger partial charge in [-0.1, -0.05) is 12.1 Å². The lowest BCUT2D eigenvalue weighted by Gasteiger charge is -2.14. The third-order valence-corrected chi connectivity index (χ3v) is 3.37. The summed E-state index contributed by atoms with van der Waals surface area (Å²) in [4.78, 5) is 22.9. The standard InChI is InChI=1S/C17H15F3N2O4/c18-10-3-1-2-9(4-10)8-26-11-5-12(19)15(13(20)6-11)17(25)22-14(7-23)16(21)24/h1-6,14,23H,7-8H2,(H2,21,24)(H,22,25). The van der Waals surface area contributed by atoms with E-state index in [1.54, 1.807) is 6.07 Å². The highest BCUT2D eigenvalue weighted by atomic mass is 19.1. The van der Waals surface area contributed by atoms with Crippen molar-refractivity contribution in [2.45, 2.75) is 12.6 Å². The van der Waals surface area contributed by atoms with Crippen LogP contribution in [-0.4, -0.2) is 29.6 Å². The maximum Gasteiger partial charge on any atom is 0.257 e. The third-order valence-electron chi connectivity index (χ3n) is 3.37. The van der Waals surface area contributed by atoms with E-state index in [-0.39, 0.29) is 12.4 Å². The lowest BCUT2D eigenvalue weighted by Crippen LogP contribution is -2.47. The zero-order valence-corrected chi connectivity index (χ0v) is 13.3. The highest BCUT2D eigenvalue weighted by Crippen LogP contribution is 2.22. The van der Waals surface area contributed by atoms with Crippen molar-refractivity contribution in [3.63, 3.8) is 0 Å². The molecule has 1 unspecified atom stereocenters. The summed E-state index contributed by atoms with van der Waals surface area (Å²) in [6.07, 6.45) is 0. The number of ether oxygens (including phenoxy) is 1. The minimum absolute atomic E-state index is 0.142. The SMILES string of the molecule is NC(=O)C(CO)NC(=O)c1c(F)cc(OCc2cccc(F)c2)cc1F. The molecule has 2 amide bonds. The highest BCUT2D eigenvalue weighted by molar-refractivity contribution is 5.97. The van der Waals surface area contributed by atoms with Crippen LogP contribution in [0.1, 0.15) is 15.9 Å². The van der Waals surface area contributed by atoms with E-state index in [9.17, 15) is 22.8 Å². The third kappa shape index (κ3) is 4.73. The van der Waals surface area contributed by atoms with Gasteiger partial charge in [-0.15, -0.1) is 0 Å². The second-order valence-corrected chi connectivity index (χ2v) is 5.29. The number of nitrogens with two attached hydrogens (primary N) is 1. The first-order chi connectivity index (χ1) is 12.3. The van der Waals surface area contributed by atoms with Gasteiger partial charge in [0.2, 0.25) is 5.91 Å². The quantitative estimate of drug-likeness (QED) is 0.685. The fourth-order valence-corrected chi connectivity index (χ4v) is 2.08. The molecule has 0 spiro atoms. The van der Waals surface area contributed by atoms with Crippen LogP contribution in [0.3, 0.4) is 0 Å². The second-order valence-electron chi connectivity index (χ2n) is 5.29. The zero-order chi connectivity index (χ0) is 19.3. The normalized spacial score (nSPS) is 11.7. The van der Waals surface area contributed by atoms with E-state index in [1.807, 2.05) is 5.32 Å². The lowest BCUT2D eigenvalue weighted by atomic mass is 10.1. The molecule has 0 aliphatic heterocycles. The Hall–Kier alpha value is -3.07. The van der Waals surface area contributed by atoms with Crippen molar-refractivity contribution in [3.8, 4) is 5.75 Å². The molecule has 0 fully saturated rings. The summed E-state index contributed by atoms with van der Waals surface area (Å²) in [7, 11) is 0. The Labute approximate surface area is 146 Å². The number of carbonyl (C=O) groups excluding carboxylic acids is 2. The molecular weight excluding hydrogens is 353 g/mol. The van der Waals surface area contributed by atoms with Gasteiger partial charge in [-0.3, -0.25) is 9.59 Å². The minimum Gasteiger partial charge on any atom is -0.489 e. The van der Waals surface area contributed by atoms with Crippen molar-refractivity contribution in [1.82, 2.24) is 5.32 Å². The van der Waals surface area contributed by atoms with Crippen LogP contribution in [0.2, 0.25) is 0 Å². The Balaban J connectivity index is 2.14. The van der Waals surface area contributed by atoms with E-state index < -0.39 is 47.5 Å². The van der Waals surface area contributed by atoms with Crippen LogP contribution in [0.4, 0.5) is 13.2 Å². The number of benzene rings is 2. The van der Waals surface area contributed by atoms with E-state index in [0.717, 1.165) is 12.1 Å². The number of aliphatic hydroxyl groups is 1. The number of halogens is 3. The van der Waals surface area contributed by atoms with Gasteiger partial charge in [-0.25, -0.2) is 13.2 Å². The predicted molar refractivity (Wildman–Crippen MR) is 84.6 cm³/mol. The largest absolute Gasteiger partial charge is 0.489 e. The molecule has 138 valence electrons. The van der Waals surface area contributed by atoms with Gasteiger partial charge in [-0.05, 0) is 17.7 Å². The summed E-state index contributed by atoms with van der Waals surface area (Å²) in [6.45, 7) is -0.963. The first-order valence-electron chi connectivity index (χ1n) is 7.39. The molecule has 2 aromatic carbocycles. The molecule has 0 heterocycles. The Morgan fingerprint density at radius 3 is 2.35 bits per heavy atom. The first-order valence-corrected chi connectivity index (χ1v) is 7.39. The van der Waals surface area contributed by atoms with Crippen molar-refractivity contribution in [2.24, 2.45) is 5.73 Å². The summed E-state index contributed by atoms with van der Waals surface area (Å²) in [5, 5.41) is 10.8. The van der Waals surface area contributed by atoms with Crippen molar-refractivity contribution in [3.05, 3.63) is 65.0 Å². The van der Waals surface area contributed by atoms with Gasteiger partial charge in [0.1, 0.15) is 41.4 Å². The maximum absolute atomic E-state index is 14.1. The summed E-state index contributed by atoms with van der Waals surface area (Å²) >= 11 is 0. The average molecular weight is 368 g/mol. The van der Waals surface area contributed by atoms with Crippen molar-refractivity contribution >= 4 is 11.8 Å². The topological polar surface area (TPSA) is 102 Å². The number of amides is 2. The zero-order valence-electron chi connectivity index (χ0n) is 13.3. The van der Waals surface area contributed by atoms with E-state index in [4.69, 9.17) is 15.6 Å². The van der Waals surface area contributed by atoms with E-state index in [2.05, 4.69) is 0 Å². The van der Waals surface area contributed by atoms with Gasteiger partial charge < -0.3 is 20.9 Å². The fourth-order valence-electron chi connectivity index (χ4n) is 2.08. The van der Waals surface area contributed by atoms with E-state index in [1.165, 1.54) is 18.2 Å². The molecule has 0 radical (unpaired) electrons. The van der Waals surface area contributed by atoms with Crippen molar-refractivity contribution < 1.29 is 32.6 Å². The van der Waals surface area contributed by atoms with E-state index >= 15 is 0 Å². The molecule has 2 aromatic rings. The number of carbonyl (C=O) groups is 2. The molecule has 0 aliphatic rings. The highest BCUT2D eigenvalue weighted by Gasteiger charge is 2.24. The molecular formula is C17H15F3N2O4. The number of aliphatic hydroxyl groups excluding tert-OH is 1. The summed E-state index contributed by atoms with van der Waals surface area (Å²) in [6, 6.07) is 5.53. The van der Waals surface area contributed by atoms with Gasteiger partial charge in [-0.2, -0.15) is 0 Å². The Morgan fingerprint density at radius 1 is 1.15 bits per heavy atom. The maximum atomic E-state index is 14.1. The Morgan fingerprint density at radius 2 is 1.81 bits per heavy atom. The van der Waals surface area contributed by atoms with E-state index in [0.29, 0.717) is 5.56 Å². The smallest absolute Gasteiger partial charge is 0.257 e. The van der Waals surface area contributed by atoms with Crippen LogP contribution in [-0.2, 0) is 11.4 Å². The fraction of sp³-hybridized carbons (Fsp3) is 0.176. The van der Waals surface area contributed by atoms with Crippen LogP contribution < -0.4 is 15.8 Å². The van der Waals surface area contributed by atoms with Crippen LogP contribution >= 0.6 is 0 Å². The molecule has 0 aromatic heterocycles. The van der Waals surface area contributed by atoms with Gasteiger partial charge >= 0.3 is 0 Å². The summed E-state index contributed by atoms with van der Waals surface area (Å²) in [5.74, 6) is -5.49. The first kappa shape index (κ1) is 19.3. The second kappa shape index (κ2) is 8.34. The molecule has 26 heavy (non-hydrogen) atoms. The molecule has 1 atom stereocenters. The molecule has 0 bridgehead atoms. The van der Waals surface area contributed by atoms with Crippen LogP contribution in [0.25, 0.3) is 0 Å². The average Bonchev–Trinajstić information content (AvgIpc) is 2.57. The van der Waals surface area contributed by atoms with Crippen molar-refractivity contribution in [2.75, 3.05) is 6.61 Å². The van der Waals surface area contributed by atoms with Crippen molar-refractivity contribution in [1.29, 1.82) is 0 Å². The van der Waals surface area contributed by atoms with Crippen LogP contribution in [0.5, 0.6) is 5.75 Å². The van der Waals surface area contributed by atoms with Gasteiger partial charge in [0.15, 0.2) is 0 Å². The Bertz CT molecular complexity index is 806. The summed E-state index contributed by atoms with van der Waals surface area (Å²) in [5.41, 5.74) is 4.42. The molecule has 2 rings (SSSR count). The monoisotopic (exact) mass is 368 g/mol. The lowest BCUT2D eigenvalue weighted by molar-refractivity contribution is -0.120. The predicted octanol–water partition coefficient (Wildman–Crippen LogP) is 1.26. The number of hydrogen-bond donors (Lipinski definition) is 3. The van der Waals surface area contributed by atoms with Crippen LogP contribution in [0, 0.1) is 17.5 Å².